The fraction of sp³-hybridized carbons (Fsp3) is 0.444. The smallest absolute Gasteiger partial charge is 0.211 e. The van der Waals surface area contributed by atoms with E-state index in [1.165, 1.54) is 0 Å². The normalized spacial score (nSPS) is 13.8. The largest absolute Gasteiger partial charge is 0.333 e. The molecule has 12 heavy (non-hydrogen) atoms. The van der Waals surface area contributed by atoms with Crippen LogP contribution in [0.1, 0.15) is 20.8 Å². The second-order valence-electron chi connectivity index (χ2n) is 2.76. The lowest BCUT2D eigenvalue weighted by molar-refractivity contribution is -0.108. The monoisotopic (exact) mass is 168 g/mol. The Morgan fingerprint density at radius 1 is 1.42 bits per heavy atom. The van der Waals surface area contributed by atoms with Crippen molar-refractivity contribution in [2.75, 3.05) is 6.54 Å². The van der Waals surface area contributed by atoms with Crippen molar-refractivity contribution in [3.8, 4) is 0 Å². The number of hydrogen-bond acceptors (Lipinski definition) is 2. The van der Waals surface area contributed by atoms with Gasteiger partial charge in [-0.1, -0.05) is 5.57 Å². The van der Waals surface area contributed by atoms with Gasteiger partial charge in [0.2, 0.25) is 6.41 Å². The second kappa shape index (κ2) is 5.55. The highest BCUT2D eigenvalue weighted by atomic mass is 16.1. The fourth-order valence-electron chi connectivity index (χ4n) is 0.744. The highest BCUT2D eigenvalue weighted by Gasteiger charge is 1.92. The number of carbonyl (C=O) groups excluding carboxylic acids is 1. The summed E-state index contributed by atoms with van der Waals surface area (Å²) in [5, 5.41) is 2.56. The predicted octanol–water partition coefficient (Wildman–Crippen LogP) is 0.931. The SMILES string of the molecule is C/C(=C/C(C)=C(\C)CN)NC=O. The molecule has 3 N–H and O–H groups in total. The first-order valence-electron chi connectivity index (χ1n) is 3.86. The molecule has 0 aromatic rings. The van der Waals surface area contributed by atoms with Gasteiger partial charge in [0.15, 0.2) is 0 Å². The molecule has 0 aromatic heterocycles. The Kier molecular flexibility index (Phi) is 5.04. The Bertz CT molecular complexity index is 217. The van der Waals surface area contributed by atoms with E-state index >= 15 is 0 Å². The summed E-state index contributed by atoms with van der Waals surface area (Å²) >= 11 is 0. The number of amides is 1. The quantitative estimate of drug-likeness (QED) is 0.484. The molecular weight excluding hydrogens is 152 g/mol. The molecule has 0 aliphatic rings. The molecule has 3 nitrogen and oxygen atoms in total. The summed E-state index contributed by atoms with van der Waals surface area (Å²) < 4.78 is 0. The van der Waals surface area contributed by atoms with Crippen LogP contribution in [0.25, 0.3) is 0 Å². The molecule has 0 atom stereocenters. The van der Waals surface area contributed by atoms with Crippen LogP contribution in [0, 0.1) is 0 Å². The van der Waals surface area contributed by atoms with Gasteiger partial charge in [0.1, 0.15) is 0 Å². The molecule has 0 aliphatic heterocycles. The first-order valence-corrected chi connectivity index (χ1v) is 3.86. The molecule has 0 saturated carbocycles. The van der Waals surface area contributed by atoms with Crippen molar-refractivity contribution in [3.05, 3.63) is 22.9 Å². The van der Waals surface area contributed by atoms with Crippen LogP contribution in [0.4, 0.5) is 0 Å². The van der Waals surface area contributed by atoms with Gasteiger partial charge in [-0.25, -0.2) is 0 Å². The van der Waals surface area contributed by atoms with Gasteiger partial charge in [0.05, 0.1) is 0 Å². The third-order valence-electron chi connectivity index (χ3n) is 1.70. The van der Waals surface area contributed by atoms with Crippen LogP contribution in [-0.2, 0) is 4.79 Å². The third kappa shape index (κ3) is 3.93. The van der Waals surface area contributed by atoms with E-state index in [1.807, 2.05) is 26.8 Å². The first-order chi connectivity index (χ1) is 5.61. The van der Waals surface area contributed by atoms with E-state index < -0.39 is 0 Å². The Labute approximate surface area is 73.3 Å². The standard InChI is InChI=1S/C9H16N2O/c1-7(8(2)5-10)4-9(3)11-6-12/h4,6H,5,10H2,1-3H3,(H,11,12)/b8-7+,9-4-. The van der Waals surface area contributed by atoms with Crippen molar-refractivity contribution in [3.63, 3.8) is 0 Å². The summed E-state index contributed by atoms with van der Waals surface area (Å²) in [7, 11) is 0. The maximum atomic E-state index is 10.0. The maximum Gasteiger partial charge on any atom is 0.211 e. The Hall–Kier alpha value is -1.09. The summed E-state index contributed by atoms with van der Waals surface area (Å²) in [5.74, 6) is 0. The molecule has 0 heterocycles. The Balaban J connectivity index is 4.40. The minimum Gasteiger partial charge on any atom is -0.333 e. The van der Waals surface area contributed by atoms with Crippen LogP contribution >= 0.6 is 0 Å². The van der Waals surface area contributed by atoms with E-state index in [2.05, 4.69) is 5.32 Å². The number of hydrogen-bond donors (Lipinski definition) is 2. The van der Waals surface area contributed by atoms with Crippen molar-refractivity contribution < 1.29 is 4.79 Å². The van der Waals surface area contributed by atoms with E-state index in [9.17, 15) is 4.79 Å². The average molecular weight is 168 g/mol. The molecule has 0 aromatic carbocycles. The minimum absolute atomic E-state index is 0.552. The van der Waals surface area contributed by atoms with Gasteiger partial charge in [-0.2, -0.15) is 0 Å². The summed E-state index contributed by atoms with van der Waals surface area (Å²) in [6.45, 7) is 6.33. The van der Waals surface area contributed by atoms with E-state index in [-0.39, 0.29) is 0 Å². The zero-order chi connectivity index (χ0) is 9.56. The van der Waals surface area contributed by atoms with Gasteiger partial charge in [-0.3, -0.25) is 4.79 Å². The zero-order valence-corrected chi connectivity index (χ0v) is 7.85. The zero-order valence-electron chi connectivity index (χ0n) is 7.85. The van der Waals surface area contributed by atoms with E-state index in [1.54, 1.807) is 0 Å². The van der Waals surface area contributed by atoms with E-state index in [4.69, 9.17) is 5.73 Å². The third-order valence-corrected chi connectivity index (χ3v) is 1.70. The Morgan fingerprint density at radius 2 is 2.00 bits per heavy atom. The Morgan fingerprint density at radius 3 is 2.42 bits per heavy atom. The van der Waals surface area contributed by atoms with Crippen LogP contribution in [0.5, 0.6) is 0 Å². The molecule has 0 spiro atoms. The van der Waals surface area contributed by atoms with Gasteiger partial charge in [0, 0.05) is 12.2 Å². The number of nitrogens with two attached hydrogens (primary N) is 1. The highest BCUT2D eigenvalue weighted by molar-refractivity contribution is 5.50. The summed E-state index contributed by atoms with van der Waals surface area (Å²) in [5.41, 5.74) is 8.50. The molecule has 0 fully saturated rings. The lowest BCUT2D eigenvalue weighted by atomic mass is 10.1. The van der Waals surface area contributed by atoms with Crippen molar-refractivity contribution in [2.24, 2.45) is 5.73 Å². The molecule has 0 rings (SSSR count). The molecule has 68 valence electrons. The van der Waals surface area contributed by atoms with Gasteiger partial charge in [0.25, 0.3) is 0 Å². The second-order valence-corrected chi connectivity index (χ2v) is 2.76. The van der Waals surface area contributed by atoms with Crippen LogP contribution in [0.2, 0.25) is 0 Å². The van der Waals surface area contributed by atoms with E-state index in [0.29, 0.717) is 13.0 Å². The molecule has 1 amide bonds. The number of rotatable bonds is 4. The lowest BCUT2D eigenvalue weighted by Crippen LogP contribution is -2.08. The average Bonchev–Trinajstić information content (AvgIpc) is 2.03. The van der Waals surface area contributed by atoms with Crippen molar-refractivity contribution in [1.82, 2.24) is 5.32 Å². The van der Waals surface area contributed by atoms with Crippen molar-refractivity contribution in [1.29, 1.82) is 0 Å². The van der Waals surface area contributed by atoms with E-state index in [0.717, 1.165) is 16.8 Å². The number of carbonyl (C=O) groups is 1. The predicted molar refractivity (Wildman–Crippen MR) is 50.4 cm³/mol. The molecule has 0 saturated heterocycles. The lowest BCUT2D eigenvalue weighted by Gasteiger charge is -2.02. The summed E-state index contributed by atoms with van der Waals surface area (Å²) in [6.07, 6.45) is 2.56. The first kappa shape index (κ1) is 10.9. The van der Waals surface area contributed by atoms with Crippen LogP contribution < -0.4 is 11.1 Å². The molecular formula is C9H16N2O. The van der Waals surface area contributed by atoms with Crippen molar-refractivity contribution >= 4 is 6.41 Å². The molecule has 0 radical (unpaired) electrons. The maximum absolute atomic E-state index is 10.0. The topological polar surface area (TPSA) is 55.1 Å². The molecule has 0 bridgehead atoms. The fourth-order valence-corrected chi connectivity index (χ4v) is 0.744. The van der Waals surface area contributed by atoms with Crippen molar-refractivity contribution in [2.45, 2.75) is 20.8 Å². The molecule has 0 aliphatic carbocycles. The van der Waals surface area contributed by atoms with Crippen LogP contribution in [-0.4, -0.2) is 13.0 Å². The van der Waals surface area contributed by atoms with Crippen LogP contribution in [0.3, 0.4) is 0 Å². The van der Waals surface area contributed by atoms with Gasteiger partial charge < -0.3 is 11.1 Å². The summed E-state index contributed by atoms with van der Waals surface area (Å²) in [4.78, 5) is 10.0. The number of nitrogens with one attached hydrogen (secondary N) is 1. The highest BCUT2D eigenvalue weighted by Crippen LogP contribution is 2.04. The molecule has 0 unspecified atom stereocenters. The summed E-state index contributed by atoms with van der Waals surface area (Å²) in [6, 6.07) is 0. The van der Waals surface area contributed by atoms with Crippen LogP contribution in [0.15, 0.2) is 22.9 Å². The van der Waals surface area contributed by atoms with Gasteiger partial charge in [-0.15, -0.1) is 0 Å². The number of allylic oxidation sites excluding steroid dienone is 3. The minimum atomic E-state index is 0.552. The van der Waals surface area contributed by atoms with Gasteiger partial charge in [-0.05, 0) is 32.4 Å². The van der Waals surface area contributed by atoms with Gasteiger partial charge >= 0.3 is 0 Å². The molecule has 3 heteroatoms.